The lowest BCUT2D eigenvalue weighted by atomic mass is 10.1. The summed E-state index contributed by atoms with van der Waals surface area (Å²) < 4.78 is 29.5. The maximum absolute atomic E-state index is 13.3. The van der Waals surface area contributed by atoms with Crippen LogP contribution in [0.5, 0.6) is 17.2 Å². The molecule has 2 unspecified atom stereocenters. The highest BCUT2D eigenvalue weighted by molar-refractivity contribution is 5.79. The van der Waals surface area contributed by atoms with Crippen LogP contribution in [0.3, 0.4) is 0 Å². The van der Waals surface area contributed by atoms with Crippen LogP contribution in [-0.2, 0) is 0 Å². The Bertz CT molecular complexity index is 832. The van der Waals surface area contributed by atoms with Crippen molar-refractivity contribution in [2.75, 3.05) is 33.9 Å². The topological polar surface area (TPSA) is 84.3 Å². The van der Waals surface area contributed by atoms with Crippen LogP contribution in [-0.4, -0.2) is 51.0 Å². The van der Waals surface area contributed by atoms with E-state index in [1.54, 1.807) is 44.6 Å². The molecule has 8 heteroatoms. The van der Waals surface area contributed by atoms with Crippen LogP contribution < -0.4 is 24.8 Å². The van der Waals surface area contributed by atoms with E-state index in [0.29, 0.717) is 41.9 Å². The quantitative estimate of drug-likeness (QED) is 0.406. The molecule has 0 aromatic heterocycles. The molecule has 0 radical (unpaired) electrons. The van der Waals surface area contributed by atoms with Crippen LogP contribution in [0.2, 0.25) is 0 Å². The fraction of sp³-hybridized carbons (Fsp3) is 0.409. The Balaban J connectivity index is 1.98. The Morgan fingerprint density at radius 2 is 1.90 bits per heavy atom. The predicted octanol–water partition coefficient (Wildman–Crippen LogP) is 2.90. The highest BCUT2D eigenvalue weighted by atomic mass is 19.1. The summed E-state index contributed by atoms with van der Waals surface area (Å²) in [7, 11) is 3.11. The molecular weight excluding hydrogens is 389 g/mol. The van der Waals surface area contributed by atoms with Gasteiger partial charge in [0.25, 0.3) is 0 Å². The van der Waals surface area contributed by atoms with Gasteiger partial charge in [-0.05, 0) is 44.2 Å². The first kappa shape index (κ1) is 23.3. The van der Waals surface area contributed by atoms with Gasteiger partial charge < -0.3 is 30.0 Å². The van der Waals surface area contributed by atoms with Crippen molar-refractivity contribution in [2.45, 2.75) is 26.1 Å². The summed E-state index contributed by atoms with van der Waals surface area (Å²) in [5.41, 5.74) is 0.597. The molecule has 0 saturated heterocycles. The molecule has 2 aromatic carbocycles. The predicted molar refractivity (Wildman–Crippen MR) is 115 cm³/mol. The van der Waals surface area contributed by atoms with Crippen molar-refractivity contribution >= 4 is 5.96 Å². The number of aliphatic hydroxyl groups excluding tert-OH is 1. The van der Waals surface area contributed by atoms with E-state index in [1.165, 1.54) is 12.1 Å². The van der Waals surface area contributed by atoms with Crippen LogP contribution in [0.1, 0.15) is 25.5 Å². The summed E-state index contributed by atoms with van der Waals surface area (Å²) in [6.07, 6.45) is -1.09. The second kappa shape index (κ2) is 11.9. The average molecular weight is 419 g/mol. The molecule has 0 bridgehead atoms. The second-order valence-corrected chi connectivity index (χ2v) is 6.61. The van der Waals surface area contributed by atoms with Crippen molar-refractivity contribution in [3.63, 3.8) is 0 Å². The molecule has 0 fully saturated rings. The smallest absolute Gasteiger partial charge is 0.191 e. The Labute approximate surface area is 176 Å². The van der Waals surface area contributed by atoms with Gasteiger partial charge in [0.1, 0.15) is 35.3 Å². The summed E-state index contributed by atoms with van der Waals surface area (Å²) in [6, 6.07) is 11.3. The van der Waals surface area contributed by atoms with Gasteiger partial charge in [-0.3, -0.25) is 4.99 Å². The molecule has 164 valence electrons. The van der Waals surface area contributed by atoms with Gasteiger partial charge in [0.2, 0.25) is 0 Å². The maximum atomic E-state index is 13.3. The van der Waals surface area contributed by atoms with E-state index in [4.69, 9.17) is 14.2 Å². The van der Waals surface area contributed by atoms with Gasteiger partial charge in [-0.1, -0.05) is 6.07 Å². The number of halogens is 1. The highest BCUT2D eigenvalue weighted by Crippen LogP contribution is 2.29. The van der Waals surface area contributed by atoms with Crippen LogP contribution in [0.25, 0.3) is 0 Å². The number of benzene rings is 2. The zero-order valence-corrected chi connectivity index (χ0v) is 17.8. The lowest BCUT2D eigenvalue weighted by Crippen LogP contribution is -2.42. The largest absolute Gasteiger partial charge is 0.497 e. The monoisotopic (exact) mass is 419 g/mol. The van der Waals surface area contributed by atoms with E-state index in [9.17, 15) is 9.50 Å². The molecule has 2 aromatic rings. The molecule has 2 atom stereocenters. The molecule has 0 aliphatic rings. The summed E-state index contributed by atoms with van der Waals surface area (Å²) in [5.74, 6) is 1.85. The second-order valence-electron chi connectivity index (χ2n) is 6.61. The minimum Gasteiger partial charge on any atom is -0.497 e. The van der Waals surface area contributed by atoms with E-state index in [0.717, 1.165) is 0 Å². The first-order chi connectivity index (χ1) is 14.5. The first-order valence-electron chi connectivity index (χ1n) is 9.81. The molecule has 2 rings (SSSR count). The van der Waals surface area contributed by atoms with Gasteiger partial charge in [0.05, 0.1) is 27.3 Å². The zero-order valence-electron chi connectivity index (χ0n) is 17.8. The minimum absolute atomic E-state index is 0.123. The maximum Gasteiger partial charge on any atom is 0.191 e. The van der Waals surface area contributed by atoms with Crippen molar-refractivity contribution in [3.05, 3.63) is 53.8 Å². The molecule has 30 heavy (non-hydrogen) atoms. The SMILES string of the molecule is CCNC(=NCC(O)c1cc(OC)ccc1OC)NCC(C)Oc1cccc(F)c1. The molecule has 3 N–H and O–H groups in total. The fourth-order valence-electron chi connectivity index (χ4n) is 2.77. The zero-order chi connectivity index (χ0) is 21.9. The molecular formula is C22H30FN3O4. The van der Waals surface area contributed by atoms with Crippen molar-refractivity contribution in [1.29, 1.82) is 0 Å². The van der Waals surface area contributed by atoms with E-state index >= 15 is 0 Å². The number of hydrogen-bond donors (Lipinski definition) is 3. The average Bonchev–Trinajstić information content (AvgIpc) is 2.75. The Kier molecular flexibility index (Phi) is 9.21. The Hall–Kier alpha value is -3.00. The molecule has 0 aliphatic heterocycles. The lowest BCUT2D eigenvalue weighted by Gasteiger charge is -2.19. The van der Waals surface area contributed by atoms with Gasteiger partial charge in [-0.15, -0.1) is 0 Å². The standard InChI is InChI=1S/C22H30FN3O4/c1-5-24-22(25-13-15(2)30-18-8-6-7-16(23)11-18)26-14-20(27)19-12-17(28-3)9-10-21(19)29-4/h6-12,15,20,27H,5,13-14H2,1-4H3,(H2,24,25,26). The third-order valence-corrected chi connectivity index (χ3v) is 4.25. The van der Waals surface area contributed by atoms with E-state index in [2.05, 4.69) is 15.6 Å². The summed E-state index contributed by atoms with van der Waals surface area (Å²) in [4.78, 5) is 4.45. The number of rotatable bonds is 10. The number of guanidine groups is 1. The minimum atomic E-state index is -0.869. The van der Waals surface area contributed by atoms with Gasteiger partial charge in [0.15, 0.2) is 5.96 Å². The van der Waals surface area contributed by atoms with Crippen molar-refractivity contribution in [3.8, 4) is 17.2 Å². The van der Waals surface area contributed by atoms with Crippen molar-refractivity contribution in [1.82, 2.24) is 10.6 Å². The third kappa shape index (κ3) is 7.11. The summed E-state index contributed by atoms with van der Waals surface area (Å²) >= 11 is 0. The van der Waals surface area contributed by atoms with E-state index in [-0.39, 0.29) is 18.5 Å². The van der Waals surface area contributed by atoms with E-state index in [1.807, 2.05) is 13.8 Å². The number of nitrogens with zero attached hydrogens (tertiary/aromatic N) is 1. The highest BCUT2D eigenvalue weighted by Gasteiger charge is 2.15. The number of nitrogens with one attached hydrogen (secondary N) is 2. The molecule has 7 nitrogen and oxygen atoms in total. The van der Waals surface area contributed by atoms with Crippen molar-refractivity contribution < 1.29 is 23.7 Å². The number of methoxy groups -OCH3 is 2. The van der Waals surface area contributed by atoms with Crippen LogP contribution >= 0.6 is 0 Å². The van der Waals surface area contributed by atoms with Crippen LogP contribution in [0.4, 0.5) is 4.39 Å². The molecule has 0 spiro atoms. The molecule has 0 amide bonds. The Morgan fingerprint density at radius 3 is 2.57 bits per heavy atom. The van der Waals surface area contributed by atoms with Gasteiger partial charge in [-0.25, -0.2) is 4.39 Å². The molecule has 0 saturated carbocycles. The first-order valence-corrected chi connectivity index (χ1v) is 9.81. The van der Waals surface area contributed by atoms with Gasteiger partial charge in [-0.2, -0.15) is 0 Å². The van der Waals surface area contributed by atoms with Gasteiger partial charge >= 0.3 is 0 Å². The van der Waals surface area contributed by atoms with Crippen LogP contribution in [0.15, 0.2) is 47.5 Å². The van der Waals surface area contributed by atoms with Crippen LogP contribution in [0, 0.1) is 5.82 Å². The normalized spacial score (nSPS) is 13.3. The van der Waals surface area contributed by atoms with E-state index < -0.39 is 6.10 Å². The Morgan fingerprint density at radius 1 is 1.10 bits per heavy atom. The van der Waals surface area contributed by atoms with Crippen molar-refractivity contribution in [2.24, 2.45) is 4.99 Å². The molecule has 0 aliphatic carbocycles. The number of aliphatic hydroxyl groups is 1. The fourth-order valence-corrected chi connectivity index (χ4v) is 2.77. The summed E-state index contributed by atoms with van der Waals surface area (Å²) in [6.45, 7) is 5.05. The van der Waals surface area contributed by atoms with Gasteiger partial charge in [0, 0.05) is 18.2 Å². The number of aliphatic imine (C=N–C) groups is 1. The summed E-state index contributed by atoms with van der Waals surface area (Å²) in [5, 5.41) is 16.9. The molecule has 0 heterocycles. The number of ether oxygens (including phenoxy) is 3. The lowest BCUT2D eigenvalue weighted by molar-refractivity contribution is 0.182. The third-order valence-electron chi connectivity index (χ3n) is 4.25. The number of hydrogen-bond acceptors (Lipinski definition) is 5.